The lowest BCUT2D eigenvalue weighted by Crippen LogP contribution is -2.60. The van der Waals surface area contributed by atoms with Crippen LogP contribution < -0.4 is 0 Å². The third kappa shape index (κ3) is 2.92. The Morgan fingerprint density at radius 3 is 2.22 bits per heavy atom. The average molecular weight is 354 g/mol. The number of halogens is 2. The monoisotopic (exact) mass is 354 g/mol. The predicted molar refractivity (Wildman–Crippen MR) is 78.5 cm³/mol. The first-order chi connectivity index (χ1) is 10.6. The van der Waals surface area contributed by atoms with E-state index in [4.69, 9.17) is 9.29 Å². The molecule has 4 saturated carbocycles. The molecule has 4 bridgehead atoms. The van der Waals surface area contributed by atoms with Crippen LogP contribution in [0, 0.1) is 29.6 Å². The lowest BCUT2D eigenvalue weighted by atomic mass is 9.46. The van der Waals surface area contributed by atoms with Gasteiger partial charge in [0, 0.05) is 0 Å². The number of ether oxygens (including phenoxy) is 1. The van der Waals surface area contributed by atoms with Gasteiger partial charge >= 0.3 is 15.4 Å². The summed E-state index contributed by atoms with van der Waals surface area (Å²) in [6.45, 7) is 0.829. The van der Waals surface area contributed by atoms with E-state index in [0.29, 0.717) is 24.7 Å². The molecule has 3 unspecified atom stereocenters. The topological polar surface area (TPSA) is 83.8 Å². The van der Waals surface area contributed by atoms with Crippen LogP contribution in [0.25, 0.3) is 0 Å². The third-order valence-electron chi connectivity index (χ3n) is 6.31. The molecule has 0 saturated heterocycles. The van der Waals surface area contributed by atoms with Crippen molar-refractivity contribution in [3.63, 3.8) is 0 Å². The zero-order valence-electron chi connectivity index (χ0n) is 13.1. The fourth-order valence-electron chi connectivity index (χ4n) is 5.51. The SMILES string of the molecule is CCC1C2CC3CC1(O)CC(C2)C3COCC(F)(F)S(=O)(=O)O. The van der Waals surface area contributed by atoms with Crippen molar-refractivity contribution in [2.45, 2.75) is 49.9 Å². The molecule has 0 radical (unpaired) electrons. The summed E-state index contributed by atoms with van der Waals surface area (Å²) in [6.07, 6.45) is 4.30. The van der Waals surface area contributed by atoms with Gasteiger partial charge in [0.15, 0.2) is 0 Å². The van der Waals surface area contributed by atoms with E-state index in [1.807, 2.05) is 0 Å². The summed E-state index contributed by atoms with van der Waals surface area (Å²) in [5, 5.41) is 6.59. The first-order valence-corrected chi connectivity index (χ1v) is 9.66. The van der Waals surface area contributed by atoms with Crippen molar-refractivity contribution in [2.75, 3.05) is 13.2 Å². The van der Waals surface area contributed by atoms with Gasteiger partial charge in [-0.1, -0.05) is 13.3 Å². The Balaban J connectivity index is 1.61. The highest BCUT2D eigenvalue weighted by Gasteiger charge is 2.59. The van der Waals surface area contributed by atoms with Crippen LogP contribution in [0.1, 0.15) is 39.0 Å². The highest BCUT2D eigenvalue weighted by Crippen LogP contribution is 2.61. The van der Waals surface area contributed by atoms with Crippen LogP contribution in [-0.2, 0) is 14.9 Å². The Morgan fingerprint density at radius 1 is 1.22 bits per heavy atom. The fraction of sp³-hybridized carbons (Fsp3) is 1.00. The lowest BCUT2D eigenvalue weighted by Gasteiger charge is -2.62. The average Bonchev–Trinajstić information content (AvgIpc) is 2.39. The standard InChI is InChI=1S/C15H24F2O5S/c1-2-13-9-3-10-5-14(13,18)6-11(4-9)12(10)7-22-8-15(16,17)23(19,20)21/h9-13,18H,2-8H2,1H3,(H,19,20,21). The van der Waals surface area contributed by atoms with Gasteiger partial charge < -0.3 is 9.84 Å². The van der Waals surface area contributed by atoms with Crippen LogP contribution in [0.3, 0.4) is 0 Å². The van der Waals surface area contributed by atoms with Crippen LogP contribution in [-0.4, -0.2) is 42.1 Å². The van der Waals surface area contributed by atoms with Gasteiger partial charge in [-0.05, 0) is 55.3 Å². The molecule has 0 aromatic heterocycles. The molecule has 4 aliphatic carbocycles. The van der Waals surface area contributed by atoms with Crippen molar-refractivity contribution in [2.24, 2.45) is 29.6 Å². The first-order valence-electron chi connectivity index (χ1n) is 8.22. The minimum absolute atomic E-state index is 0.0556. The molecule has 0 aliphatic heterocycles. The van der Waals surface area contributed by atoms with Gasteiger partial charge in [0.2, 0.25) is 0 Å². The van der Waals surface area contributed by atoms with E-state index in [1.165, 1.54) is 0 Å². The van der Waals surface area contributed by atoms with Crippen LogP contribution >= 0.6 is 0 Å². The van der Waals surface area contributed by atoms with E-state index >= 15 is 0 Å². The molecule has 0 aromatic carbocycles. The number of alkyl halides is 2. The van der Waals surface area contributed by atoms with Crippen LogP contribution in [0.5, 0.6) is 0 Å². The Hall–Kier alpha value is -0.310. The zero-order valence-corrected chi connectivity index (χ0v) is 13.9. The number of hydrogen-bond donors (Lipinski definition) is 2. The zero-order chi connectivity index (χ0) is 17.0. The van der Waals surface area contributed by atoms with Gasteiger partial charge in [0.05, 0.1) is 12.2 Å². The van der Waals surface area contributed by atoms with Gasteiger partial charge in [0.1, 0.15) is 6.61 Å². The van der Waals surface area contributed by atoms with Crippen molar-refractivity contribution in [1.82, 2.24) is 0 Å². The molecule has 4 fully saturated rings. The van der Waals surface area contributed by atoms with E-state index in [-0.39, 0.29) is 24.4 Å². The highest BCUT2D eigenvalue weighted by molar-refractivity contribution is 7.86. The van der Waals surface area contributed by atoms with Crippen molar-refractivity contribution in [3.05, 3.63) is 0 Å². The summed E-state index contributed by atoms with van der Waals surface area (Å²) < 4.78 is 61.0. The molecule has 3 atom stereocenters. The maximum Gasteiger partial charge on any atom is 0.392 e. The molecule has 23 heavy (non-hydrogen) atoms. The van der Waals surface area contributed by atoms with E-state index in [2.05, 4.69) is 6.92 Å². The molecule has 4 aliphatic rings. The quantitative estimate of drug-likeness (QED) is 0.715. The lowest BCUT2D eigenvalue weighted by molar-refractivity contribution is -0.204. The van der Waals surface area contributed by atoms with Crippen molar-refractivity contribution in [3.8, 4) is 0 Å². The second-order valence-electron chi connectivity index (χ2n) is 7.57. The van der Waals surface area contributed by atoms with Gasteiger partial charge in [0.25, 0.3) is 0 Å². The molecule has 134 valence electrons. The molecule has 5 nitrogen and oxygen atoms in total. The number of hydrogen-bond acceptors (Lipinski definition) is 4. The van der Waals surface area contributed by atoms with Crippen LogP contribution in [0.15, 0.2) is 0 Å². The van der Waals surface area contributed by atoms with Crippen molar-refractivity contribution < 1.29 is 31.6 Å². The Kier molecular flexibility index (Phi) is 4.27. The smallest absolute Gasteiger partial charge is 0.390 e. The van der Waals surface area contributed by atoms with Gasteiger partial charge in [-0.2, -0.15) is 17.2 Å². The van der Waals surface area contributed by atoms with Gasteiger partial charge in [-0.3, -0.25) is 4.55 Å². The Morgan fingerprint density at radius 2 is 1.78 bits per heavy atom. The normalized spacial score (nSPS) is 43.1. The molecule has 4 rings (SSSR count). The molecule has 0 spiro atoms. The first kappa shape index (κ1) is 17.5. The van der Waals surface area contributed by atoms with Crippen molar-refractivity contribution in [1.29, 1.82) is 0 Å². The van der Waals surface area contributed by atoms with Crippen molar-refractivity contribution >= 4 is 10.1 Å². The summed E-state index contributed by atoms with van der Waals surface area (Å²) in [5.41, 5.74) is -0.625. The summed E-state index contributed by atoms with van der Waals surface area (Å²) in [6, 6.07) is 0. The number of rotatable bonds is 6. The van der Waals surface area contributed by atoms with E-state index < -0.39 is 27.6 Å². The summed E-state index contributed by atoms with van der Waals surface area (Å²) in [4.78, 5) is 0. The third-order valence-corrected chi connectivity index (χ3v) is 7.18. The second kappa shape index (κ2) is 5.61. The minimum atomic E-state index is -5.44. The van der Waals surface area contributed by atoms with E-state index in [9.17, 15) is 22.3 Å². The summed E-state index contributed by atoms with van der Waals surface area (Å²) in [5.74, 6) is 1.42. The van der Waals surface area contributed by atoms with Crippen LogP contribution in [0.4, 0.5) is 8.78 Å². The highest BCUT2D eigenvalue weighted by atomic mass is 32.2. The largest absolute Gasteiger partial charge is 0.392 e. The van der Waals surface area contributed by atoms with Gasteiger partial charge in [-0.25, -0.2) is 0 Å². The molecule has 0 aromatic rings. The molecule has 2 N–H and O–H groups in total. The predicted octanol–water partition coefficient (Wildman–Crippen LogP) is 2.31. The molecule has 0 heterocycles. The molecular formula is C15H24F2O5S. The number of aliphatic hydroxyl groups is 1. The van der Waals surface area contributed by atoms with Crippen LogP contribution in [0.2, 0.25) is 0 Å². The minimum Gasteiger partial charge on any atom is -0.390 e. The molecular weight excluding hydrogens is 330 g/mol. The summed E-state index contributed by atoms with van der Waals surface area (Å²) >= 11 is 0. The molecule has 8 heteroatoms. The summed E-state index contributed by atoms with van der Waals surface area (Å²) in [7, 11) is -5.44. The van der Waals surface area contributed by atoms with Gasteiger partial charge in [-0.15, -0.1) is 0 Å². The second-order valence-corrected chi connectivity index (χ2v) is 9.12. The Labute approximate surface area is 135 Å². The Bertz CT molecular complexity index is 548. The van der Waals surface area contributed by atoms with E-state index in [0.717, 1.165) is 19.3 Å². The maximum absolute atomic E-state index is 13.2. The molecule has 0 amide bonds. The fourth-order valence-corrected chi connectivity index (χ4v) is 5.75. The maximum atomic E-state index is 13.2. The van der Waals surface area contributed by atoms with E-state index in [1.54, 1.807) is 0 Å².